The minimum atomic E-state index is -0.585. The highest BCUT2D eigenvalue weighted by Gasteiger charge is 2.02. The van der Waals surface area contributed by atoms with E-state index in [1.54, 1.807) is 13.2 Å². The van der Waals surface area contributed by atoms with Crippen LogP contribution >= 0.6 is 0 Å². The molecule has 0 spiro atoms. The molecule has 0 heterocycles. The van der Waals surface area contributed by atoms with Crippen molar-refractivity contribution in [3.8, 4) is 5.75 Å². The molecule has 0 saturated heterocycles. The molecular formula is C12H17F2NO2. The lowest BCUT2D eigenvalue weighted by Crippen LogP contribution is -2.18. The van der Waals surface area contributed by atoms with Crippen LogP contribution in [0.1, 0.15) is 5.56 Å². The zero-order valence-corrected chi connectivity index (χ0v) is 9.84. The van der Waals surface area contributed by atoms with Crippen LogP contribution < -0.4 is 10.1 Å². The molecule has 1 aromatic carbocycles. The molecule has 0 aliphatic carbocycles. The van der Waals surface area contributed by atoms with Crippen LogP contribution in [0.5, 0.6) is 5.75 Å². The second-order valence-corrected chi connectivity index (χ2v) is 3.50. The summed E-state index contributed by atoms with van der Waals surface area (Å²) >= 11 is 0. The largest absolute Gasteiger partial charge is 0.491 e. The Labute approximate surface area is 99.7 Å². The summed E-state index contributed by atoms with van der Waals surface area (Å²) < 4.78 is 35.0. The van der Waals surface area contributed by atoms with Crippen LogP contribution in [0.15, 0.2) is 18.2 Å². The fourth-order valence-electron chi connectivity index (χ4n) is 1.37. The van der Waals surface area contributed by atoms with Gasteiger partial charge in [0.25, 0.3) is 0 Å². The van der Waals surface area contributed by atoms with Crippen LogP contribution in [0.2, 0.25) is 0 Å². The third-order valence-electron chi connectivity index (χ3n) is 2.09. The Morgan fingerprint density at radius 3 is 2.76 bits per heavy atom. The Kier molecular flexibility index (Phi) is 6.50. The van der Waals surface area contributed by atoms with Gasteiger partial charge in [-0.15, -0.1) is 0 Å². The van der Waals surface area contributed by atoms with Gasteiger partial charge in [-0.25, -0.2) is 8.78 Å². The first-order chi connectivity index (χ1) is 8.26. The SMILES string of the molecule is COCCNCc1cc(F)cc(OCCF)c1. The molecule has 17 heavy (non-hydrogen) atoms. The molecule has 1 rings (SSSR count). The van der Waals surface area contributed by atoms with Crippen LogP contribution in [0.25, 0.3) is 0 Å². The maximum atomic E-state index is 13.2. The smallest absolute Gasteiger partial charge is 0.127 e. The van der Waals surface area contributed by atoms with Gasteiger partial charge in [-0.3, -0.25) is 0 Å². The molecule has 0 radical (unpaired) electrons. The molecular weight excluding hydrogens is 228 g/mol. The predicted octanol–water partition coefficient (Wildman–Crippen LogP) is 1.91. The van der Waals surface area contributed by atoms with E-state index in [1.165, 1.54) is 12.1 Å². The standard InChI is InChI=1S/C12H17F2NO2/c1-16-5-3-15-9-10-6-11(14)8-12(7-10)17-4-2-13/h6-8,15H,2-5,9H2,1H3. The molecule has 0 aliphatic heterocycles. The summed E-state index contributed by atoms with van der Waals surface area (Å²) in [6.45, 7) is 1.17. The lowest BCUT2D eigenvalue weighted by molar-refractivity contribution is 0.199. The van der Waals surface area contributed by atoms with Crippen LogP contribution in [0.3, 0.4) is 0 Å². The van der Waals surface area contributed by atoms with E-state index in [-0.39, 0.29) is 12.4 Å². The van der Waals surface area contributed by atoms with Gasteiger partial charge in [0, 0.05) is 26.3 Å². The molecule has 96 valence electrons. The van der Waals surface area contributed by atoms with Gasteiger partial charge in [-0.1, -0.05) is 0 Å². The van der Waals surface area contributed by atoms with Gasteiger partial charge in [0.15, 0.2) is 0 Å². The normalized spacial score (nSPS) is 10.5. The quantitative estimate of drug-likeness (QED) is 0.710. The number of benzene rings is 1. The number of ether oxygens (including phenoxy) is 2. The number of hydrogen-bond acceptors (Lipinski definition) is 3. The monoisotopic (exact) mass is 245 g/mol. The maximum absolute atomic E-state index is 13.2. The second-order valence-electron chi connectivity index (χ2n) is 3.50. The number of nitrogens with one attached hydrogen (secondary N) is 1. The number of halogens is 2. The Morgan fingerprint density at radius 2 is 2.06 bits per heavy atom. The maximum Gasteiger partial charge on any atom is 0.127 e. The number of alkyl halides is 1. The van der Waals surface area contributed by atoms with Gasteiger partial charge in [-0.05, 0) is 17.7 Å². The van der Waals surface area contributed by atoms with Crippen LogP contribution in [0, 0.1) is 5.82 Å². The summed E-state index contributed by atoms with van der Waals surface area (Å²) in [6, 6.07) is 4.36. The van der Waals surface area contributed by atoms with Crippen molar-refractivity contribution < 1.29 is 18.3 Å². The van der Waals surface area contributed by atoms with E-state index in [1.807, 2.05) is 0 Å². The Morgan fingerprint density at radius 1 is 1.24 bits per heavy atom. The molecule has 1 N–H and O–H groups in total. The fraction of sp³-hybridized carbons (Fsp3) is 0.500. The average Bonchev–Trinajstić information content (AvgIpc) is 2.31. The third kappa shape index (κ3) is 5.60. The molecule has 5 heteroatoms. The zero-order valence-electron chi connectivity index (χ0n) is 9.84. The first-order valence-electron chi connectivity index (χ1n) is 5.44. The van der Waals surface area contributed by atoms with Gasteiger partial charge in [0.1, 0.15) is 24.8 Å². The predicted molar refractivity (Wildman–Crippen MR) is 61.5 cm³/mol. The minimum Gasteiger partial charge on any atom is -0.491 e. The first kappa shape index (κ1) is 13.9. The lowest BCUT2D eigenvalue weighted by atomic mass is 10.2. The highest BCUT2D eigenvalue weighted by molar-refractivity contribution is 5.29. The second kappa shape index (κ2) is 7.97. The highest BCUT2D eigenvalue weighted by atomic mass is 19.1. The summed E-state index contributed by atoms with van der Waals surface area (Å²) in [5.41, 5.74) is 0.759. The van der Waals surface area contributed by atoms with Crippen molar-refractivity contribution in [3.63, 3.8) is 0 Å². The van der Waals surface area contributed by atoms with Crippen molar-refractivity contribution >= 4 is 0 Å². The van der Waals surface area contributed by atoms with E-state index in [4.69, 9.17) is 9.47 Å². The van der Waals surface area contributed by atoms with Gasteiger partial charge in [0.2, 0.25) is 0 Å². The van der Waals surface area contributed by atoms with E-state index >= 15 is 0 Å². The highest BCUT2D eigenvalue weighted by Crippen LogP contribution is 2.16. The van der Waals surface area contributed by atoms with Crippen LogP contribution in [0.4, 0.5) is 8.78 Å². The molecule has 0 bridgehead atoms. The summed E-state index contributed by atoms with van der Waals surface area (Å²) in [4.78, 5) is 0. The van der Waals surface area contributed by atoms with E-state index < -0.39 is 6.67 Å². The fourth-order valence-corrected chi connectivity index (χ4v) is 1.37. The molecule has 0 aromatic heterocycles. The first-order valence-corrected chi connectivity index (χ1v) is 5.44. The average molecular weight is 245 g/mol. The molecule has 0 amide bonds. The Balaban J connectivity index is 2.50. The molecule has 3 nitrogen and oxygen atoms in total. The Bertz CT molecular complexity index is 334. The van der Waals surface area contributed by atoms with Gasteiger partial charge in [0.05, 0.1) is 6.61 Å². The van der Waals surface area contributed by atoms with E-state index in [2.05, 4.69) is 5.32 Å². The minimum absolute atomic E-state index is 0.0556. The van der Waals surface area contributed by atoms with Crippen molar-refractivity contribution in [2.24, 2.45) is 0 Å². The molecule has 0 unspecified atom stereocenters. The topological polar surface area (TPSA) is 30.5 Å². The van der Waals surface area contributed by atoms with Gasteiger partial charge < -0.3 is 14.8 Å². The van der Waals surface area contributed by atoms with Crippen molar-refractivity contribution in [2.45, 2.75) is 6.54 Å². The third-order valence-corrected chi connectivity index (χ3v) is 2.09. The van der Waals surface area contributed by atoms with E-state index in [0.29, 0.717) is 25.4 Å². The summed E-state index contributed by atoms with van der Waals surface area (Å²) in [6.07, 6.45) is 0. The summed E-state index contributed by atoms with van der Waals surface area (Å²) in [5, 5.41) is 3.09. The van der Waals surface area contributed by atoms with Crippen molar-refractivity contribution in [1.29, 1.82) is 0 Å². The number of hydrogen-bond donors (Lipinski definition) is 1. The van der Waals surface area contributed by atoms with Crippen LogP contribution in [-0.4, -0.2) is 33.5 Å². The molecule has 1 aromatic rings. The molecule has 0 atom stereocenters. The number of rotatable bonds is 8. The van der Waals surface area contributed by atoms with E-state index in [0.717, 1.165) is 5.56 Å². The van der Waals surface area contributed by atoms with Gasteiger partial charge >= 0.3 is 0 Å². The van der Waals surface area contributed by atoms with Crippen LogP contribution in [-0.2, 0) is 11.3 Å². The van der Waals surface area contributed by atoms with Crippen molar-refractivity contribution in [1.82, 2.24) is 5.32 Å². The molecule has 0 fully saturated rings. The van der Waals surface area contributed by atoms with Crippen molar-refractivity contribution in [2.75, 3.05) is 33.5 Å². The Hall–Kier alpha value is -1.20. The van der Waals surface area contributed by atoms with E-state index in [9.17, 15) is 8.78 Å². The summed E-state index contributed by atoms with van der Waals surface area (Å²) in [5.74, 6) is -0.0314. The molecule has 0 saturated carbocycles. The zero-order chi connectivity index (χ0) is 12.5. The van der Waals surface area contributed by atoms with Gasteiger partial charge in [-0.2, -0.15) is 0 Å². The number of methoxy groups -OCH3 is 1. The molecule has 0 aliphatic rings. The summed E-state index contributed by atoms with van der Waals surface area (Å²) in [7, 11) is 1.62. The lowest BCUT2D eigenvalue weighted by Gasteiger charge is -2.08. The van der Waals surface area contributed by atoms with Crippen molar-refractivity contribution in [3.05, 3.63) is 29.6 Å².